The SMILES string of the molecule is O=C1/C(=C/c2ccccc2)N=C([Se]c2ccccc2)N1c1ccccc1. The summed E-state index contributed by atoms with van der Waals surface area (Å²) in [5, 5.41) is 0. The second kappa shape index (κ2) is 7.52. The molecule has 4 rings (SSSR count). The Hall–Kier alpha value is -2.94. The molecule has 1 aliphatic heterocycles. The molecule has 3 nitrogen and oxygen atoms in total. The molecule has 0 saturated carbocycles. The fourth-order valence-corrected chi connectivity index (χ4v) is 4.62. The first-order chi connectivity index (χ1) is 12.8. The first kappa shape index (κ1) is 16.5. The molecule has 0 radical (unpaired) electrons. The average molecular weight is 403 g/mol. The van der Waals surface area contributed by atoms with Gasteiger partial charge >= 0.3 is 159 Å². The van der Waals surface area contributed by atoms with Crippen LogP contribution in [0.15, 0.2) is 102 Å². The molecule has 1 amide bonds. The molecule has 0 saturated heterocycles. The van der Waals surface area contributed by atoms with Gasteiger partial charge in [0.25, 0.3) is 0 Å². The Labute approximate surface area is 158 Å². The molecule has 0 bridgehead atoms. The van der Waals surface area contributed by atoms with E-state index < -0.39 is 0 Å². The number of amides is 1. The molecule has 0 aliphatic carbocycles. The second-order valence-corrected chi connectivity index (χ2v) is 7.91. The van der Waals surface area contributed by atoms with E-state index in [4.69, 9.17) is 4.99 Å². The van der Waals surface area contributed by atoms with E-state index in [-0.39, 0.29) is 20.9 Å². The van der Waals surface area contributed by atoms with Gasteiger partial charge in [0.15, 0.2) is 0 Å². The van der Waals surface area contributed by atoms with Crippen molar-refractivity contribution in [1.29, 1.82) is 0 Å². The molecule has 0 fully saturated rings. The van der Waals surface area contributed by atoms with Gasteiger partial charge in [-0.3, -0.25) is 0 Å². The topological polar surface area (TPSA) is 32.7 Å². The number of hydrogen-bond acceptors (Lipinski definition) is 2. The van der Waals surface area contributed by atoms with Crippen LogP contribution in [-0.2, 0) is 4.79 Å². The number of rotatable bonds is 4. The van der Waals surface area contributed by atoms with Crippen LogP contribution in [0.3, 0.4) is 0 Å². The van der Waals surface area contributed by atoms with Gasteiger partial charge < -0.3 is 0 Å². The summed E-state index contributed by atoms with van der Waals surface area (Å²) in [6.07, 6.45) is 1.85. The second-order valence-electron chi connectivity index (χ2n) is 5.73. The summed E-state index contributed by atoms with van der Waals surface area (Å²) in [5.74, 6) is -0.0761. The first-order valence-electron chi connectivity index (χ1n) is 8.29. The quantitative estimate of drug-likeness (QED) is 0.485. The van der Waals surface area contributed by atoms with Crippen LogP contribution in [0.5, 0.6) is 0 Å². The van der Waals surface area contributed by atoms with Crippen LogP contribution in [0.4, 0.5) is 5.69 Å². The Bertz CT molecular complexity index is 967. The van der Waals surface area contributed by atoms with E-state index in [1.54, 1.807) is 4.90 Å². The average Bonchev–Trinajstić information content (AvgIpc) is 2.99. The number of para-hydroxylation sites is 1. The number of nitrogens with zero attached hydrogens (tertiary/aromatic N) is 2. The summed E-state index contributed by atoms with van der Waals surface area (Å²) >= 11 is -0.0565. The third-order valence-electron chi connectivity index (χ3n) is 3.90. The zero-order valence-corrected chi connectivity index (χ0v) is 15.7. The molecule has 3 aromatic carbocycles. The summed E-state index contributed by atoms with van der Waals surface area (Å²) < 4.78 is 2.00. The fraction of sp³-hybridized carbons (Fsp3) is 0. The van der Waals surface area contributed by atoms with Gasteiger partial charge in [0, 0.05) is 0 Å². The van der Waals surface area contributed by atoms with E-state index in [2.05, 4.69) is 12.1 Å². The van der Waals surface area contributed by atoms with Crippen molar-refractivity contribution >= 4 is 41.8 Å². The van der Waals surface area contributed by atoms with Crippen LogP contribution in [0.25, 0.3) is 6.08 Å². The van der Waals surface area contributed by atoms with Crippen molar-refractivity contribution in [1.82, 2.24) is 0 Å². The van der Waals surface area contributed by atoms with Crippen LogP contribution in [0, 0.1) is 0 Å². The van der Waals surface area contributed by atoms with Crippen molar-refractivity contribution in [2.45, 2.75) is 0 Å². The molecule has 1 heterocycles. The predicted octanol–water partition coefficient (Wildman–Crippen LogP) is 3.46. The zero-order chi connectivity index (χ0) is 17.8. The molecule has 0 aromatic heterocycles. The van der Waals surface area contributed by atoms with Gasteiger partial charge in [-0.15, -0.1) is 0 Å². The van der Waals surface area contributed by atoms with Gasteiger partial charge in [-0.1, -0.05) is 0 Å². The standard InChI is InChI=1S/C22H16N2OSe/c25-21-20(16-17-10-4-1-5-11-17)23-22(26-19-14-8-3-9-15-19)24(21)18-12-6-2-7-13-18/h1-16H/b20-16-. The molecule has 0 spiro atoms. The number of carbonyl (C=O) groups is 1. The minimum absolute atomic E-state index is 0.0565. The van der Waals surface area contributed by atoms with Gasteiger partial charge in [0.05, 0.1) is 0 Å². The van der Waals surface area contributed by atoms with E-state index in [1.165, 1.54) is 4.46 Å². The molecule has 0 unspecified atom stereocenters. The monoisotopic (exact) mass is 404 g/mol. The molecule has 126 valence electrons. The number of anilines is 1. The van der Waals surface area contributed by atoms with Crippen molar-refractivity contribution in [3.8, 4) is 0 Å². The summed E-state index contributed by atoms with van der Waals surface area (Å²) in [5.41, 5.74) is 2.31. The summed E-state index contributed by atoms with van der Waals surface area (Å²) in [7, 11) is 0. The van der Waals surface area contributed by atoms with Gasteiger partial charge in [0.1, 0.15) is 0 Å². The predicted molar refractivity (Wildman–Crippen MR) is 108 cm³/mol. The van der Waals surface area contributed by atoms with Crippen LogP contribution in [-0.4, -0.2) is 25.6 Å². The Morgan fingerprint density at radius 3 is 2.00 bits per heavy atom. The summed E-state index contributed by atoms with van der Waals surface area (Å²) in [4.78, 5) is 19.5. The van der Waals surface area contributed by atoms with Gasteiger partial charge in [0.2, 0.25) is 0 Å². The van der Waals surface area contributed by atoms with E-state index >= 15 is 0 Å². The van der Waals surface area contributed by atoms with Crippen molar-refractivity contribution < 1.29 is 4.79 Å². The molecular formula is C22H16N2OSe. The summed E-state index contributed by atoms with van der Waals surface area (Å²) in [6, 6.07) is 29.7. The van der Waals surface area contributed by atoms with E-state index in [0.717, 1.165) is 16.0 Å². The number of amidine groups is 1. The molecular weight excluding hydrogens is 387 g/mol. The van der Waals surface area contributed by atoms with E-state index in [1.807, 2.05) is 84.9 Å². The molecule has 1 aliphatic rings. The van der Waals surface area contributed by atoms with Gasteiger partial charge in [-0.25, -0.2) is 0 Å². The molecule has 3 aromatic rings. The Morgan fingerprint density at radius 1 is 0.769 bits per heavy atom. The Kier molecular flexibility index (Phi) is 4.78. The van der Waals surface area contributed by atoms with Gasteiger partial charge in [-0.05, 0) is 0 Å². The number of hydrogen-bond donors (Lipinski definition) is 0. The van der Waals surface area contributed by atoms with E-state index in [9.17, 15) is 4.79 Å². The summed E-state index contributed by atoms with van der Waals surface area (Å²) in [6.45, 7) is 0. The number of benzene rings is 3. The first-order valence-corrected chi connectivity index (χ1v) is 10.0. The fourth-order valence-electron chi connectivity index (χ4n) is 2.67. The molecule has 0 N–H and O–H groups in total. The van der Waals surface area contributed by atoms with Crippen molar-refractivity contribution in [2.75, 3.05) is 4.90 Å². The van der Waals surface area contributed by atoms with E-state index in [0.29, 0.717) is 5.70 Å². The molecule has 26 heavy (non-hydrogen) atoms. The molecule has 0 atom stereocenters. The van der Waals surface area contributed by atoms with Crippen molar-refractivity contribution in [3.63, 3.8) is 0 Å². The van der Waals surface area contributed by atoms with Crippen molar-refractivity contribution in [3.05, 3.63) is 102 Å². The zero-order valence-electron chi connectivity index (χ0n) is 13.9. The van der Waals surface area contributed by atoms with Crippen LogP contribution in [0.2, 0.25) is 0 Å². The third-order valence-corrected chi connectivity index (χ3v) is 5.92. The third kappa shape index (κ3) is 3.52. The van der Waals surface area contributed by atoms with Crippen LogP contribution in [0.1, 0.15) is 5.56 Å². The van der Waals surface area contributed by atoms with Crippen LogP contribution >= 0.6 is 0 Å². The Balaban J connectivity index is 1.74. The van der Waals surface area contributed by atoms with Crippen molar-refractivity contribution in [2.24, 2.45) is 4.99 Å². The maximum absolute atomic E-state index is 13.1. The Morgan fingerprint density at radius 2 is 1.35 bits per heavy atom. The normalized spacial score (nSPS) is 15.4. The van der Waals surface area contributed by atoms with Crippen LogP contribution < -0.4 is 9.36 Å². The minimum atomic E-state index is -0.0761. The van der Waals surface area contributed by atoms with Gasteiger partial charge in [-0.2, -0.15) is 0 Å². The maximum atomic E-state index is 13.1. The number of aliphatic imine (C=N–C) groups is 1. The molecule has 4 heteroatoms. The number of carbonyl (C=O) groups excluding carboxylic acids is 1.